The summed E-state index contributed by atoms with van der Waals surface area (Å²) in [7, 11) is 0. The summed E-state index contributed by atoms with van der Waals surface area (Å²) in [4.78, 5) is 15.3. The van der Waals surface area contributed by atoms with Crippen molar-refractivity contribution in [2.45, 2.75) is 44.8 Å². The summed E-state index contributed by atoms with van der Waals surface area (Å²) in [5.41, 5.74) is 7.22. The monoisotopic (exact) mass is 406 g/mol. The number of primary amides is 1. The first-order valence-electron chi connectivity index (χ1n) is 10.5. The van der Waals surface area contributed by atoms with Gasteiger partial charge in [-0.1, -0.05) is 49.4 Å². The molecule has 1 aliphatic heterocycles. The number of nitrogens with zero attached hydrogens (tertiary/aromatic N) is 1. The summed E-state index contributed by atoms with van der Waals surface area (Å²) in [6, 6.07) is 17.7. The first kappa shape index (κ1) is 21.8. The number of aliphatic hydroxyl groups is 1. The normalized spacial score (nSPS) is 18.8. The SMILES string of the molecule is CC(CCc1ccccc1)C1=CC=NC1(O)CCCOc1ccc(CC(N)=O)cc1. The van der Waals surface area contributed by atoms with Crippen LogP contribution in [0.3, 0.4) is 0 Å². The number of nitrogens with two attached hydrogens (primary N) is 1. The molecule has 5 heteroatoms. The van der Waals surface area contributed by atoms with E-state index in [1.807, 2.05) is 36.4 Å². The second-order valence-corrected chi connectivity index (χ2v) is 7.88. The van der Waals surface area contributed by atoms with Crippen LogP contribution in [-0.2, 0) is 17.6 Å². The maximum absolute atomic E-state index is 11.1. The molecule has 3 N–H and O–H groups in total. The van der Waals surface area contributed by atoms with Crippen molar-refractivity contribution in [3.63, 3.8) is 0 Å². The lowest BCUT2D eigenvalue weighted by Crippen LogP contribution is -2.30. The van der Waals surface area contributed by atoms with Gasteiger partial charge in [0.05, 0.1) is 13.0 Å². The Morgan fingerprint density at radius 2 is 1.87 bits per heavy atom. The molecule has 0 aromatic heterocycles. The molecule has 1 amide bonds. The van der Waals surface area contributed by atoms with Crippen molar-refractivity contribution >= 4 is 12.1 Å². The lowest BCUT2D eigenvalue weighted by atomic mass is 9.86. The van der Waals surface area contributed by atoms with E-state index in [4.69, 9.17) is 10.5 Å². The summed E-state index contributed by atoms with van der Waals surface area (Å²) in [6.07, 6.45) is 7.04. The number of carbonyl (C=O) groups excluding carboxylic acids is 1. The van der Waals surface area contributed by atoms with Gasteiger partial charge in [0.15, 0.2) is 5.72 Å². The Hall–Kier alpha value is -2.92. The van der Waals surface area contributed by atoms with Gasteiger partial charge in [0.1, 0.15) is 5.75 Å². The van der Waals surface area contributed by atoms with E-state index in [0.29, 0.717) is 19.4 Å². The van der Waals surface area contributed by atoms with Crippen LogP contribution in [0.4, 0.5) is 0 Å². The van der Waals surface area contributed by atoms with Crippen LogP contribution in [0.25, 0.3) is 0 Å². The molecule has 0 bridgehead atoms. The Morgan fingerprint density at radius 3 is 2.57 bits per heavy atom. The first-order chi connectivity index (χ1) is 14.5. The summed E-state index contributed by atoms with van der Waals surface area (Å²) < 4.78 is 5.77. The molecule has 0 aliphatic carbocycles. The Balaban J connectivity index is 1.45. The molecule has 0 radical (unpaired) electrons. The number of amides is 1. The topological polar surface area (TPSA) is 84.9 Å². The lowest BCUT2D eigenvalue weighted by Gasteiger charge is -2.28. The van der Waals surface area contributed by atoms with Gasteiger partial charge in [-0.15, -0.1) is 0 Å². The predicted octanol–water partition coefficient (Wildman–Crippen LogP) is 3.84. The van der Waals surface area contributed by atoms with E-state index in [9.17, 15) is 9.90 Å². The highest BCUT2D eigenvalue weighted by atomic mass is 16.5. The van der Waals surface area contributed by atoms with Crippen molar-refractivity contribution in [2.75, 3.05) is 6.61 Å². The number of aryl methyl sites for hydroxylation is 1. The van der Waals surface area contributed by atoms with Gasteiger partial charge < -0.3 is 15.6 Å². The Bertz CT molecular complexity index is 890. The molecule has 3 rings (SSSR count). The second kappa shape index (κ2) is 10.2. The average molecular weight is 407 g/mol. The van der Waals surface area contributed by atoms with Crippen LogP contribution in [0.2, 0.25) is 0 Å². The van der Waals surface area contributed by atoms with E-state index in [-0.39, 0.29) is 18.2 Å². The van der Waals surface area contributed by atoms with Gasteiger partial charge >= 0.3 is 0 Å². The van der Waals surface area contributed by atoms with Crippen LogP contribution >= 0.6 is 0 Å². The van der Waals surface area contributed by atoms with E-state index >= 15 is 0 Å². The van der Waals surface area contributed by atoms with Crippen molar-refractivity contribution in [3.8, 4) is 5.75 Å². The zero-order valence-corrected chi connectivity index (χ0v) is 17.5. The third-order valence-corrected chi connectivity index (χ3v) is 5.48. The molecule has 5 nitrogen and oxygen atoms in total. The number of benzene rings is 2. The second-order valence-electron chi connectivity index (χ2n) is 7.88. The molecular formula is C25H30N2O3. The third-order valence-electron chi connectivity index (χ3n) is 5.48. The number of aliphatic imine (C=N–C) groups is 1. The molecule has 1 heterocycles. The van der Waals surface area contributed by atoms with E-state index in [1.54, 1.807) is 6.21 Å². The van der Waals surface area contributed by atoms with Crippen LogP contribution in [0.15, 0.2) is 71.2 Å². The van der Waals surface area contributed by atoms with Crippen LogP contribution in [-0.4, -0.2) is 29.6 Å². The van der Waals surface area contributed by atoms with Crippen molar-refractivity contribution in [1.29, 1.82) is 0 Å². The molecule has 0 spiro atoms. The van der Waals surface area contributed by atoms with Crippen LogP contribution in [0.1, 0.15) is 37.3 Å². The number of ether oxygens (including phenoxy) is 1. The molecule has 1 aliphatic rings. The zero-order valence-electron chi connectivity index (χ0n) is 17.5. The van der Waals surface area contributed by atoms with Crippen LogP contribution in [0.5, 0.6) is 5.75 Å². The summed E-state index contributed by atoms with van der Waals surface area (Å²) in [6.45, 7) is 2.64. The van der Waals surface area contributed by atoms with Crippen LogP contribution in [0, 0.1) is 5.92 Å². The molecule has 0 saturated carbocycles. The lowest BCUT2D eigenvalue weighted by molar-refractivity contribution is -0.117. The van der Waals surface area contributed by atoms with E-state index in [0.717, 1.165) is 29.7 Å². The summed E-state index contributed by atoms with van der Waals surface area (Å²) >= 11 is 0. The molecule has 2 atom stereocenters. The Labute approximate surface area is 178 Å². The minimum Gasteiger partial charge on any atom is -0.494 e. The van der Waals surface area contributed by atoms with Gasteiger partial charge in [0.25, 0.3) is 0 Å². The Kier molecular flexibility index (Phi) is 7.41. The largest absolute Gasteiger partial charge is 0.494 e. The molecule has 2 unspecified atom stereocenters. The minimum absolute atomic E-state index is 0.225. The molecule has 0 saturated heterocycles. The van der Waals surface area contributed by atoms with Crippen LogP contribution < -0.4 is 10.5 Å². The molecule has 158 valence electrons. The first-order valence-corrected chi connectivity index (χ1v) is 10.5. The van der Waals surface area contributed by atoms with E-state index < -0.39 is 5.72 Å². The quantitative estimate of drug-likeness (QED) is 0.556. The third kappa shape index (κ3) is 6.04. The highest BCUT2D eigenvalue weighted by molar-refractivity contribution is 5.77. The smallest absolute Gasteiger partial charge is 0.221 e. The number of allylic oxidation sites excluding steroid dienone is 1. The highest BCUT2D eigenvalue weighted by Gasteiger charge is 2.35. The fourth-order valence-corrected chi connectivity index (χ4v) is 3.81. The van der Waals surface area contributed by atoms with E-state index in [2.05, 4.69) is 36.2 Å². The number of hydrogen-bond donors (Lipinski definition) is 2. The van der Waals surface area contributed by atoms with Gasteiger partial charge in [0.2, 0.25) is 5.91 Å². The fourth-order valence-electron chi connectivity index (χ4n) is 3.81. The fraction of sp³-hybridized carbons (Fsp3) is 0.360. The molecule has 30 heavy (non-hydrogen) atoms. The molecule has 2 aromatic rings. The van der Waals surface area contributed by atoms with Gasteiger partial charge in [-0.2, -0.15) is 0 Å². The number of rotatable bonds is 11. The summed E-state index contributed by atoms with van der Waals surface area (Å²) in [5, 5.41) is 11.1. The van der Waals surface area contributed by atoms with Gasteiger partial charge in [-0.25, -0.2) is 0 Å². The average Bonchev–Trinajstić information content (AvgIpc) is 3.13. The number of carbonyl (C=O) groups is 1. The predicted molar refractivity (Wildman–Crippen MR) is 120 cm³/mol. The Morgan fingerprint density at radius 1 is 1.13 bits per heavy atom. The number of hydrogen-bond acceptors (Lipinski definition) is 4. The molecular weight excluding hydrogens is 376 g/mol. The highest BCUT2D eigenvalue weighted by Crippen LogP contribution is 2.35. The van der Waals surface area contributed by atoms with Crippen molar-refractivity contribution < 1.29 is 14.6 Å². The van der Waals surface area contributed by atoms with Crippen molar-refractivity contribution in [3.05, 3.63) is 77.4 Å². The van der Waals surface area contributed by atoms with Crippen molar-refractivity contribution in [1.82, 2.24) is 0 Å². The van der Waals surface area contributed by atoms with Crippen molar-refractivity contribution in [2.24, 2.45) is 16.6 Å². The summed E-state index contributed by atoms with van der Waals surface area (Å²) in [5.74, 6) is 0.629. The van der Waals surface area contributed by atoms with E-state index in [1.165, 1.54) is 5.56 Å². The molecule has 0 fully saturated rings. The standard InChI is InChI=1S/C25H30N2O3/c1-19(8-9-20-6-3-2-4-7-20)23-14-16-27-25(23,29)15-5-17-30-22-12-10-21(11-13-22)18-24(26)28/h2-4,6-7,10-14,16,19,29H,5,8-9,15,17-18H2,1H3,(H2,26,28). The minimum atomic E-state index is -1.13. The molecule has 2 aromatic carbocycles. The maximum atomic E-state index is 11.1. The van der Waals surface area contributed by atoms with Gasteiger partial charge in [-0.3, -0.25) is 9.79 Å². The zero-order chi connectivity index (χ0) is 21.4. The van der Waals surface area contributed by atoms with Gasteiger partial charge in [0, 0.05) is 12.6 Å². The maximum Gasteiger partial charge on any atom is 0.221 e. The van der Waals surface area contributed by atoms with Gasteiger partial charge in [-0.05, 0) is 60.1 Å².